The van der Waals surface area contributed by atoms with Gasteiger partial charge in [-0.25, -0.2) is 4.98 Å². The van der Waals surface area contributed by atoms with Crippen molar-refractivity contribution >= 4 is 5.91 Å². The van der Waals surface area contributed by atoms with Gasteiger partial charge in [-0.2, -0.15) is 5.10 Å². The minimum atomic E-state index is -0.433. The molecule has 0 bridgehead atoms. The molecule has 0 aliphatic carbocycles. The minimum Gasteiger partial charge on any atom is -0.366 e. The maximum Gasteiger partial charge on any atom is 0.248 e. The molecule has 1 heterocycles. The van der Waals surface area contributed by atoms with Crippen LogP contribution in [0.2, 0.25) is 0 Å². The van der Waals surface area contributed by atoms with Crippen LogP contribution >= 0.6 is 0 Å². The van der Waals surface area contributed by atoms with E-state index in [4.69, 9.17) is 5.73 Å². The smallest absolute Gasteiger partial charge is 0.248 e. The van der Waals surface area contributed by atoms with Crippen molar-refractivity contribution in [1.82, 2.24) is 14.8 Å². The highest BCUT2D eigenvalue weighted by Gasteiger charge is 2.10. The lowest BCUT2D eigenvalue weighted by atomic mass is 10.0. The summed E-state index contributed by atoms with van der Waals surface area (Å²) >= 11 is 0. The van der Waals surface area contributed by atoms with Gasteiger partial charge in [-0.15, -0.1) is 0 Å². The van der Waals surface area contributed by atoms with Crippen LogP contribution in [-0.4, -0.2) is 20.7 Å². The molecule has 5 heteroatoms. The number of amides is 1. The molecule has 1 aromatic carbocycles. The fourth-order valence-electron chi connectivity index (χ4n) is 1.61. The molecule has 1 amide bonds. The molecule has 0 saturated heterocycles. The molecule has 0 spiro atoms. The standard InChI is InChI=1S/C12H14N4O/c1-7-4-5-9(6-10(7)11(13)17)12-14-8(2)16(3)15-12/h4-6H,1-3H3,(H2,13,17). The summed E-state index contributed by atoms with van der Waals surface area (Å²) in [7, 11) is 1.83. The summed E-state index contributed by atoms with van der Waals surface area (Å²) in [6, 6.07) is 5.46. The number of carbonyl (C=O) groups is 1. The molecule has 1 aromatic heterocycles. The lowest BCUT2D eigenvalue weighted by molar-refractivity contribution is 0.1000. The number of aromatic nitrogens is 3. The lowest BCUT2D eigenvalue weighted by Gasteiger charge is -2.03. The molecule has 2 aromatic rings. The van der Waals surface area contributed by atoms with Crippen LogP contribution < -0.4 is 5.73 Å². The first-order valence-corrected chi connectivity index (χ1v) is 5.27. The Bertz CT molecular complexity index is 567. The average molecular weight is 230 g/mol. The molecule has 5 nitrogen and oxygen atoms in total. The zero-order valence-corrected chi connectivity index (χ0v) is 10.1. The van der Waals surface area contributed by atoms with E-state index in [0.717, 1.165) is 17.0 Å². The Morgan fingerprint density at radius 1 is 1.35 bits per heavy atom. The summed E-state index contributed by atoms with van der Waals surface area (Å²) in [4.78, 5) is 15.6. The van der Waals surface area contributed by atoms with Crippen molar-refractivity contribution in [3.05, 3.63) is 35.2 Å². The van der Waals surface area contributed by atoms with Gasteiger partial charge < -0.3 is 5.73 Å². The first kappa shape index (κ1) is 11.3. The van der Waals surface area contributed by atoms with E-state index in [2.05, 4.69) is 10.1 Å². The van der Waals surface area contributed by atoms with E-state index in [0.29, 0.717) is 11.4 Å². The topological polar surface area (TPSA) is 73.8 Å². The number of rotatable bonds is 2. The first-order chi connectivity index (χ1) is 7.99. The molecule has 2 rings (SSSR count). The normalized spacial score (nSPS) is 10.5. The van der Waals surface area contributed by atoms with E-state index in [1.54, 1.807) is 10.7 Å². The van der Waals surface area contributed by atoms with Crippen molar-refractivity contribution in [2.24, 2.45) is 12.8 Å². The van der Waals surface area contributed by atoms with Crippen LogP contribution in [0.25, 0.3) is 11.4 Å². The van der Waals surface area contributed by atoms with Gasteiger partial charge in [0.1, 0.15) is 5.82 Å². The maximum atomic E-state index is 11.3. The quantitative estimate of drug-likeness (QED) is 0.842. The third-order valence-electron chi connectivity index (χ3n) is 2.74. The maximum absolute atomic E-state index is 11.3. The van der Waals surface area contributed by atoms with Crippen molar-refractivity contribution < 1.29 is 4.79 Å². The van der Waals surface area contributed by atoms with Crippen LogP contribution in [0.5, 0.6) is 0 Å². The van der Waals surface area contributed by atoms with E-state index >= 15 is 0 Å². The largest absolute Gasteiger partial charge is 0.366 e. The van der Waals surface area contributed by atoms with Crippen LogP contribution in [0, 0.1) is 13.8 Å². The Hall–Kier alpha value is -2.17. The Kier molecular flexibility index (Phi) is 2.67. The van der Waals surface area contributed by atoms with Crippen molar-refractivity contribution in [3.63, 3.8) is 0 Å². The second kappa shape index (κ2) is 4.01. The fraction of sp³-hybridized carbons (Fsp3) is 0.250. The highest BCUT2D eigenvalue weighted by Crippen LogP contribution is 2.19. The molecular formula is C12H14N4O. The van der Waals surface area contributed by atoms with Gasteiger partial charge >= 0.3 is 0 Å². The van der Waals surface area contributed by atoms with Crippen molar-refractivity contribution in [2.45, 2.75) is 13.8 Å². The second-order valence-corrected chi connectivity index (χ2v) is 4.00. The summed E-state index contributed by atoms with van der Waals surface area (Å²) in [5.74, 6) is 0.991. The third kappa shape index (κ3) is 2.04. The number of benzene rings is 1. The molecule has 17 heavy (non-hydrogen) atoms. The van der Waals surface area contributed by atoms with E-state index in [9.17, 15) is 4.79 Å². The van der Waals surface area contributed by atoms with Gasteiger partial charge in [0.15, 0.2) is 5.82 Å². The van der Waals surface area contributed by atoms with Crippen LogP contribution in [0.4, 0.5) is 0 Å². The molecular weight excluding hydrogens is 216 g/mol. The highest BCUT2D eigenvalue weighted by molar-refractivity contribution is 5.95. The number of hydrogen-bond acceptors (Lipinski definition) is 3. The van der Waals surface area contributed by atoms with Crippen molar-refractivity contribution in [3.8, 4) is 11.4 Å². The number of primary amides is 1. The molecule has 0 atom stereocenters. The van der Waals surface area contributed by atoms with Gasteiger partial charge in [-0.3, -0.25) is 9.48 Å². The predicted molar refractivity (Wildman–Crippen MR) is 64.4 cm³/mol. The van der Waals surface area contributed by atoms with E-state index in [-0.39, 0.29) is 0 Å². The summed E-state index contributed by atoms with van der Waals surface area (Å²) in [6.45, 7) is 3.72. The Morgan fingerprint density at radius 2 is 2.06 bits per heavy atom. The lowest BCUT2D eigenvalue weighted by Crippen LogP contribution is -2.12. The molecule has 2 N–H and O–H groups in total. The number of hydrogen-bond donors (Lipinski definition) is 1. The zero-order valence-electron chi connectivity index (χ0n) is 10.1. The van der Waals surface area contributed by atoms with Gasteiger partial charge in [-0.05, 0) is 25.5 Å². The summed E-state index contributed by atoms with van der Waals surface area (Å²) < 4.78 is 1.69. The number of nitrogens with two attached hydrogens (primary N) is 1. The van der Waals surface area contributed by atoms with Gasteiger partial charge in [0.2, 0.25) is 5.91 Å². The number of carbonyl (C=O) groups excluding carboxylic acids is 1. The molecule has 0 fully saturated rings. The van der Waals surface area contributed by atoms with Crippen LogP contribution in [0.15, 0.2) is 18.2 Å². The number of aryl methyl sites for hydroxylation is 3. The highest BCUT2D eigenvalue weighted by atomic mass is 16.1. The molecule has 0 aliphatic rings. The van der Waals surface area contributed by atoms with Crippen LogP contribution in [0.1, 0.15) is 21.7 Å². The van der Waals surface area contributed by atoms with Crippen molar-refractivity contribution in [1.29, 1.82) is 0 Å². The van der Waals surface area contributed by atoms with E-state index < -0.39 is 5.91 Å². The third-order valence-corrected chi connectivity index (χ3v) is 2.74. The molecule has 0 aliphatic heterocycles. The predicted octanol–water partition coefficient (Wildman–Crippen LogP) is 1.20. The number of nitrogens with zero attached hydrogens (tertiary/aromatic N) is 3. The second-order valence-electron chi connectivity index (χ2n) is 4.00. The fourth-order valence-corrected chi connectivity index (χ4v) is 1.61. The molecule has 0 radical (unpaired) electrons. The molecule has 0 unspecified atom stereocenters. The van der Waals surface area contributed by atoms with Gasteiger partial charge in [0.25, 0.3) is 0 Å². The first-order valence-electron chi connectivity index (χ1n) is 5.27. The summed E-state index contributed by atoms with van der Waals surface area (Å²) in [5.41, 5.74) is 7.47. The SMILES string of the molecule is Cc1ccc(-c2nc(C)n(C)n2)cc1C(N)=O. The van der Waals surface area contributed by atoms with Gasteiger partial charge in [-0.1, -0.05) is 12.1 Å². The minimum absolute atomic E-state index is 0.433. The summed E-state index contributed by atoms with van der Waals surface area (Å²) in [5, 5.41) is 4.26. The van der Waals surface area contributed by atoms with Gasteiger partial charge in [0, 0.05) is 18.2 Å². The van der Waals surface area contributed by atoms with Crippen LogP contribution in [0.3, 0.4) is 0 Å². The molecule has 0 saturated carbocycles. The monoisotopic (exact) mass is 230 g/mol. The van der Waals surface area contributed by atoms with E-state index in [1.807, 2.05) is 33.0 Å². The van der Waals surface area contributed by atoms with Crippen LogP contribution in [-0.2, 0) is 7.05 Å². The average Bonchev–Trinajstić information content (AvgIpc) is 2.59. The molecule has 88 valence electrons. The van der Waals surface area contributed by atoms with E-state index in [1.165, 1.54) is 0 Å². The Balaban J connectivity index is 2.53. The zero-order chi connectivity index (χ0) is 12.6. The Labute approximate surface area is 99.3 Å². The summed E-state index contributed by atoms with van der Waals surface area (Å²) in [6.07, 6.45) is 0. The van der Waals surface area contributed by atoms with Gasteiger partial charge in [0.05, 0.1) is 0 Å². The van der Waals surface area contributed by atoms with Crippen molar-refractivity contribution in [2.75, 3.05) is 0 Å². The Morgan fingerprint density at radius 3 is 2.59 bits per heavy atom.